The molecule has 0 spiro atoms. The van der Waals surface area contributed by atoms with Gasteiger partial charge in [0.15, 0.2) is 0 Å². The highest BCUT2D eigenvalue weighted by atomic mass is 79.9. The number of hydrogen-bond donors (Lipinski definition) is 1. The van der Waals surface area contributed by atoms with Gasteiger partial charge in [0.25, 0.3) is 5.69 Å². The lowest BCUT2D eigenvalue weighted by atomic mass is 10.1. The van der Waals surface area contributed by atoms with Crippen LogP contribution < -0.4 is 5.32 Å². The standard InChI is InChI=1S/C13H7BrClN3O2/c14-11-4-3-9(5-12(11)15)17-10-2-1-8(7-16)13(6-10)18(19)20/h1-6,17H. The fourth-order valence-corrected chi connectivity index (χ4v) is 2.02. The highest BCUT2D eigenvalue weighted by molar-refractivity contribution is 9.10. The van der Waals surface area contributed by atoms with E-state index in [0.717, 1.165) is 4.47 Å². The Labute approximate surface area is 128 Å². The number of rotatable bonds is 3. The third kappa shape index (κ3) is 3.07. The lowest BCUT2D eigenvalue weighted by molar-refractivity contribution is -0.385. The van der Waals surface area contributed by atoms with Crippen molar-refractivity contribution in [3.63, 3.8) is 0 Å². The summed E-state index contributed by atoms with van der Waals surface area (Å²) in [4.78, 5) is 10.3. The van der Waals surface area contributed by atoms with Crippen molar-refractivity contribution in [2.75, 3.05) is 5.32 Å². The molecule has 0 fully saturated rings. The summed E-state index contributed by atoms with van der Waals surface area (Å²) in [5.41, 5.74) is 0.987. The lowest BCUT2D eigenvalue weighted by Gasteiger charge is -2.07. The molecule has 100 valence electrons. The van der Waals surface area contributed by atoms with Crippen LogP contribution in [0.3, 0.4) is 0 Å². The van der Waals surface area contributed by atoms with Crippen LogP contribution in [0.2, 0.25) is 5.02 Å². The summed E-state index contributed by atoms with van der Waals surface area (Å²) in [6, 6.07) is 11.3. The number of nitrogens with zero attached hydrogens (tertiary/aromatic N) is 2. The van der Waals surface area contributed by atoms with Gasteiger partial charge in [-0.15, -0.1) is 0 Å². The highest BCUT2D eigenvalue weighted by Gasteiger charge is 2.14. The largest absolute Gasteiger partial charge is 0.355 e. The first-order chi connectivity index (χ1) is 9.51. The zero-order chi connectivity index (χ0) is 14.7. The summed E-state index contributed by atoms with van der Waals surface area (Å²) in [6.07, 6.45) is 0. The quantitative estimate of drug-likeness (QED) is 0.645. The molecule has 0 saturated heterocycles. The molecule has 2 rings (SSSR count). The van der Waals surface area contributed by atoms with Gasteiger partial charge in [0.1, 0.15) is 11.6 Å². The van der Waals surface area contributed by atoms with Crippen LogP contribution in [0, 0.1) is 21.4 Å². The minimum absolute atomic E-state index is 0.0226. The molecule has 0 saturated carbocycles. The molecular formula is C13H7BrClN3O2. The molecule has 7 heteroatoms. The topological polar surface area (TPSA) is 79.0 Å². The van der Waals surface area contributed by atoms with Crippen LogP contribution in [0.25, 0.3) is 0 Å². The fourth-order valence-electron chi connectivity index (χ4n) is 1.60. The highest BCUT2D eigenvalue weighted by Crippen LogP contribution is 2.29. The van der Waals surface area contributed by atoms with Crippen LogP contribution in [0.15, 0.2) is 40.9 Å². The number of nitro groups is 1. The van der Waals surface area contributed by atoms with Crippen molar-refractivity contribution in [2.45, 2.75) is 0 Å². The molecule has 20 heavy (non-hydrogen) atoms. The van der Waals surface area contributed by atoms with E-state index < -0.39 is 4.92 Å². The Morgan fingerprint density at radius 3 is 2.50 bits per heavy atom. The third-order valence-corrected chi connectivity index (χ3v) is 3.76. The van der Waals surface area contributed by atoms with Gasteiger partial charge in [0, 0.05) is 21.9 Å². The van der Waals surface area contributed by atoms with Crippen LogP contribution in [-0.4, -0.2) is 4.92 Å². The average molecular weight is 353 g/mol. The molecular weight excluding hydrogens is 346 g/mol. The molecule has 0 aliphatic heterocycles. The van der Waals surface area contributed by atoms with Gasteiger partial charge in [-0.3, -0.25) is 10.1 Å². The van der Waals surface area contributed by atoms with Crippen LogP contribution >= 0.6 is 27.5 Å². The molecule has 1 N–H and O–H groups in total. The summed E-state index contributed by atoms with van der Waals surface area (Å²) in [5.74, 6) is 0. The number of benzene rings is 2. The van der Waals surface area contributed by atoms with E-state index in [1.807, 2.05) is 0 Å². The Hall–Kier alpha value is -2.10. The monoisotopic (exact) mass is 351 g/mol. The summed E-state index contributed by atoms with van der Waals surface area (Å²) >= 11 is 9.25. The van der Waals surface area contributed by atoms with Crippen LogP contribution in [0.1, 0.15) is 5.56 Å². The molecule has 5 nitrogen and oxygen atoms in total. The van der Waals surface area contributed by atoms with Crippen LogP contribution in [0.4, 0.5) is 17.1 Å². The molecule has 0 aliphatic rings. The van der Waals surface area contributed by atoms with Gasteiger partial charge in [0.2, 0.25) is 0 Å². The summed E-state index contributed by atoms with van der Waals surface area (Å²) in [5, 5.41) is 23.2. The van der Waals surface area contributed by atoms with Gasteiger partial charge in [-0.05, 0) is 46.3 Å². The van der Waals surface area contributed by atoms with E-state index in [1.165, 1.54) is 12.1 Å². The summed E-state index contributed by atoms with van der Waals surface area (Å²) in [7, 11) is 0. The lowest BCUT2D eigenvalue weighted by Crippen LogP contribution is -1.96. The molecule has 2 aromatic rings. The zero-order valence-corrected chi connectivity index (χ0v) is 12.3. The summed E-state index contributed by atoms with van der Waals surface area (Å²) in [6.45, 7) is 0. The van der Waals surface area contributed by atoms with Gasteiger partial charge < -0.3 is 5.32 Å². The van der Waals surface area contributed by atoms with E-state index in [9.17, 15) is 10.1 Å². The van der Waals surface area contributed by atoms with E-state index in [-0.39, 0.29) is 11.3 Å². The van der Waals surface area contributed by atoms with Crippen molar-refractivity contribution in [3.8, 4) is 6.07 Å². The Kier molecular flexibility index (Phi) is 4.23. The second-order valence-corrected chi connectivity index (χ2v) is 5.12. The Morgan fingerprint density at radius 1 is 1.25 bits per heavy atom. The molecule has 0 atom stereocenters. The van der Waals surface area contributed by atoms with Crippen LogP contribution in [-0.2, 0) is 0 Å². The van der Waals surface area contributed by atoms with Gasteiger partial charge >= 0.3 is 0 Å². The van der Waals surface area contributed by atoms with Gasteiger partial charge in [0.05, 0.1) is 9.95 Å². The molecule has 0 radical (unpaired) electrons. The minimum Gasteiger partial charge on any atom is -0.355 e. The number of nitrogens with one attached hydrogen (secondary N) is 1. The predicted molar refractivity (Wildman–Crippen MR) is 80.2 cm³/mol. The van der Waals surface area contributed by atoms with Crippen LogP contribution in [0.5, 0.6) is 0 Å². The van der Waals surface area contributed by atoms with Gasteiger partial charge in [-0.25, -0.2) is 0 Å². The van der Waals surface area contributed by atoms with Crippen molar-refractivity contribution < 1.29 is 4.92 Å². The van der Waals surface area contributed by atoms with E-state index in [2.05, 4.69) is 21.2 Å². The molecule has 0 heterocycles. The number of nitriles is 1. The number of nitro benzene ring substituents is 1. The van der Waals surface area contributed by atoms with Crippen molar-refractivity contribution in [3.05, 3.63) is 61.6 Å². The maximum Gasteiger partial charge on any atom is 0.289 e. The molecule has 0 aromatic heterocycles. The van der Waals surface area contributed by atoms with Crippen molar-refractivity contribution in [1.29, 1.82) is 5.26 Å². The normalized spacial score (nSPS) is 9.85. The molecule has 0 unspecified atom stereocenters. The molecule has 2 aromatic carbocycles. The predicted octanol–water partition coefficient (Wildman–Crippen LogP) is 4.63. The van der Waals surface area contributed by atoms with Crippen molar-refractivity contribution in [2.24, 2.45) is 0 Å². The Balaban J connectivity index is 2.34. The fraction of sp³-hybridized carbons (Fsp3) is 0. The van der Waals surface area contributed by atoms with E-state index in [1.54, 1.807) is 30.3 Å². The van der Waals surface area contributed by atoms with Crippen molar-refractivity contribution in [1.82, 2.24) is 0 Å². The zero-order valence-electron chi connectivity index (χ0n) is 9.93. The maximum absolute atomic E-state index is 10.9. The first-order valence-electron chi connectivity index (χ1n) is 5.42. The maximum atomic E-state index is 10.9. The minimum atomic E-state index is -0.585. The SMILES string of the molecule is N#Cc1ccc(Nc2ccc(Br)c(Cl)c2)cc1[N+](=O)[O-]. The van der Waals surface area contributed by atoms with E-state index in [4.69, 9.17) is 16.9 Å². The Morgan fingerprint density at radius 2 is 1.90 bits per heavy atom. The second kappa shape index (κ2) is 5.90. The Bertz CT molecular complexity index is 728. The van der Waals surface area contributed by atoms with E-state index >= 15 is 0 Å². The van der Waals surface area contributed by atoms with Crippen molar-refractivity contribution >= 4 is 44.6 Å². The third-order valence-electron chi connectivity index (χ3n) is 2.52. The smallest absolute Gasteiger partial charge is 0.289 e. The average Bonchev–Trinajstić information content (AvgIpc) is 2.43. The molecule has 0 bridgehead atoms. The summed E-state index contributed by atoms with van der Waals surface area (Å²) < 4.78 is 0.760. The van der Waals surface area contributed by atoms with Gasteiger partial charge in [-0.1, -0.05) is 11.6 Å². The number of anilines is 2. The second-order valence-electron chi connectivity index (χ2n) is 3.85. The molecule has 0 amide bonds. The molecule has 0 aliphatic carbocycles. The van der Waals surface area contributed by atoms with E-state index in [0.29, 0.717) is 16.4 Å². The number of halogens is 2. The van der Waals surface area contributed by atoms with Gasteiger partial charge in [-0.2, -0.15) is 5.26 Å². The first-order valence-corrected chi connectivity index (χ1v) is 6.59. The number of hydrogen-bond acceptors (Lipinski definition) is 4. The first kappa shape index (κ1) is 14.3.